The Morgan fingerprint density at radius 3 is 2.77 bits per heavy atom. The molecule has 8 heteroatoms. The van der Waals surface area contributed by atoms with E-state index in [-0.39, 0.29) is 18.1 Å². The Labute approximate surface area is 162 Å². The van der Waals surface area contributed by atoms with Crippen LogP contribution >= 0.6 is 34.5 Å². The number of thiazole rings is 1. The number of ether oxygens (including phenoxy) is 1. The van der Waals surface area contributed by atoms with Crippen molar-refractivity contribution in [2.45, 2.75) is 13.0 Å². The van der Waals surface area contributed by atoms with Crippen LogP contribution in [0.5, 0.6) is 5.75 Å². The summed E-state index contributed by atoms with van der Waals surface area (Å²) >= 11 is 13.4. The average molecular weight is 412 g/mol. The summed E-state index contributed by atoms with van der Waals surface area (Å²) in [6.45, 7) is 0.140. The molecule has 1 heterocycles. The molecular formula is C18H12Cl2FNO3S. The predicted octanol–water partition coefficient (Wildman–Crippen LogP) is 5.46. The highest BCUT2D eigenvalue weighted by molar-refractivity contribution is 7.13. The van der Waals surface area contributed by atoms with Gasteiger partial charge in [0, 0.05) is 16.0 Å². The van der Waals surface area contributed by atoms with Crippen molar-refractivity contribution >= 4 is 40.5 Å². The van der Waals surface area contributed by atoms with Gasteiger partial charge in [-0.1, -0.05) is 29.3 Å². The number of carboxylic acid groups (broad SMARTS) is 1. The molecule has 0 spiro atoms. The monoisotopic (exact) mass is 411 g/mol. The molecule has 1 N–H and O–H groups in total. The predicted molar refractivity (Wildman–Crippen MR) is 99.6 cm³/mol. The lowest BCUT2D eigenvalue weighted by atomic mass is 10.2. The third-order valence-corrected chi connectivity index (χ3v) is 4.97. The van der Waals surface area contributed by atoms with Gasteiger partial charge in [0.05, 0.1) is 22.7 Å². The molecule has 134 valence electrons. The number of hydrogen-bond donors (Lipinski definition) is 1. The van der Waals surface area contributed by atoms with Crippen molar-refractivity contribution in [3.63, 3.8) is 0 Å². The second-order valence-corrected chi connectivity index (χ2v) is 7.08. The second kappa shape index (κ2) is 8.03. The molecule has 3 rings (SSSR count). The topological polar surface area (TPSA) is 59.4 Å². The Morgan fingerprint density at radius 2 is 2.04 bits per heavy atom. The van der Waals surface area contributed by atoms with Gasteiger partial charge in [-0.15, -0.1) is 11.3 Å². The first kappa shape index (κ1) is 18.6. The molecule has 0 atom stereocenters. The van der Waals surface area contributed by atoms with Crippen molar-refractivity contribution in [3.05, 3.63) is 68.9 Å². The summed E-state index contributed by atoms with van der Waals surface area (Å²) in [7, 11) is 0. The van der Waals surface area contributed by atoms with E-state index in [0.29, 0.717) is 32.6 Å². The molecule has 4 nitrogen and oxygen atoms in total. The van der Waals surface area contributed by atoms with Crippen molar-refractivity contribution in [2.24, 2.45) is 0 Å². The van der Waals surface area contributed by atoms with E-state index < -0.39 is 11.8 Å². The number of rotatable bonds is 6. The van der Waals surface area contributed by atoms with Crippen molar-refractivity contribution in [2.75, 3.05) is 0 Å². The van der Waals surface area contributed by atoms with Gasteiger partial charge in [-0.3, -0.25) is 4.79 Å². The highest BCUT2D eigenvalue weighted by atomic mass is 35.5. The van der Waals surface area contributed by atoms with Crippen LogP contribution in [-0.4, -0.2) is 16.1 Å². The minimum Gasteiger partial charge on any atom is -0.488 e. The molecule has 0 fully saturated rings. The normalized spacial score (nSPS) is 10.7. The summed E-state index contributed by atoms with van der Waals surface area (Å²) in [6, 6.07) is 9.17. The molecule has 0 aliphatic rings. The van der Waals surface area contributed by atoms with Crippen molar-refractivity contribution < 1.29 is 19.0 Å². The van der Waals surface area contributed by atoms with Crippen LogP contribution in [0.3, 0.4) is 0 Å². The zero-order chi connectivity index (χ0) is 18.7. The van der Waals surface area contributed by atoms with Gasteiger partial charge in [0.2, 0.25) is 0 Å². The molecule has 0 unspecified atom stereocenters. The number of benzene rings is 2. The first-order valence-electron chi connectivity index (χ1n) is 7.45. The van der Waals surface area contributed by atoms with Crippen LogP contribution in [-0.2, 0) is 17.8 Å². The standard InChI is InChI=1S/C18H12Cl2FNO3S/c19-11-2-4-16(25-8-10-1-3-12(21)6-15(10)20)14(5-11)18-22-13(9-26-18)7-17(23)24/h1-6,9H,7-8H2,(H,23,24). The Bertz CT molecular complexity index is 961. The quantitative estimate of drug-likeness (QED) is 0.584. The fraction of sp³-hybridized carbons (Fsp3) is 0.111. The zero-order valence-electron chi connectivity index (χ0n) is 13.2. The van der Waals surface area contributed by atoms with Crippen molar-refractivity contribution in [1.82, 2.24) is 4.98 Å². The smallest absolute Gasteiger partial charge is 0.309 e. The number of nitrogens with zero attached hydrogens (tertiary/aromatic N) is 1. The fourth-order valence-electron chi connectivity index (χ4n) is 2.26. The average Bonchev–Trinajstić information content (AvgIpc) is 3.02. The van der Waals surface area contributed by atoms with Gasteiger partial charge in [-0.05, 0) is 30.3 Å². The van der Waals surface area contributed by atoms with Crippen LogP contribution in [0.15, 0.2) is 41.8 Å². The maximum absolute atomic E-state index is 13.1. The van der Waals surface area contributed by atoms with Crippen LogP contribution < -0.4 is 4.74 Å². The molecule has 0 aliphatic carbocycles. The van der Waals surface area contributed by atoms with Crippen molar-refractivity contribution in [1.29, 1.82) is 0 Å². The van der Waals surface area contributed by atoms with E-state index in [9.17, 15) is 9.18 Å². The molecule has 0 amide bonds. The Kier molecular flexibility index (Phi) is 5.76. The van der Waals surface area contributed by atoms with E-state index in [1.54, 1.807) is 29.6 Å². The molecule has 0 bridgehead atoms. The number of aliphatic carboxylic acids is 1. The maximum atomic E-state index is 13.1. The highest BCUT2D eigenvalue weighted by Gasteiger charge is 2.14. The highest BCUT2D eigenvalue weighted by Crippen LogP contribution is 2.35. The largest absolute Gasteiger partial charge is 0.488 e. The van der Waals surface area contributed by atoms with E-state index in [2.05, 4.69) is 4.98 Å². The van der Waals surface area contributed by atoms with E-state index >= 15 is 0 Å². The lowest BCUT2D eigenvalue weighted by Crippen LogP contribution is -2.00. The lowest BCUT2D eigenvalue weighted by Gasteiger charge is -2.11. The van der Waals surface area contributed by atoms with Crippen LogP contribution in [0.1, 0.15) is 11.3 Å². The lowest BCUT2D eigenvalue weighted by molar-refractivity contribution is -0.136. The first-order chi connectivity index (χ1) is 12.4. The number of halogens is 3. The minimum absolute atomic E-state index is 0.140. The van der Waals surface area contributed by atoms with Gasteiger partial charge in [-0.2, -0.15) is 0 Å². The van der Waals surface area contributed by atoms with E-state index in [1.165, 1.54) is 23.5 Å². The fourth-order valence-corrected chi connectivity index (χ4v) is 3.49. The third-order valence-electron chi connectivity index (χ3n) is 3.45. The molecule has 3 aromatic rings. The summed E-state index contributed by atoms with van der Waals surface area (Å²) in [4.78, 5) is 15.2. The Morgan fingerprint density at radius 1 is 1.23 bits per heavy atom. The van der Waals surface area contributed by atoms with Gasteiger partial charge in [0.25, 0.3) is 0 Å². The van der Waals surface area contributed by atoms with Crippen LogP contribution in [0, 0.1) is 5.82 Å². The van der Waals surface area contributed by atoms with E-state index in [1.807, 2.05) is 0 Å². The molecular weight excluding hydrogens is 400 g/mol. The molecule has 0 saturated heterocycles. The number of carbonyl (C=O) groups is 1. The first-order valence-corrected chi connectivity index (χ1v) is 9.09. The molecule has 0 saturated carbocycles. The van der Waals surface area contributed by atoms with Gasteiger partial charge in [-0.25, -0.2) is 9.37 Å². The van der Waals surface area contributed by atoms with Gasteiger partial charge in [0.1, 0.15) is 23.2 Å². The van der Waals surface area contributed by atoms with Gasteiger partial charge < -0.3 is 9.84 Å². The number of aromatic nitrogens is 1. The van der Waals surface area contributed by atoms with Crippen LogP contribution in [0.2, 0.25) is 10.0 Å². The molecule has 0 radical (unpaired) electrons. The van der Waals surface area contributed by atoms with Gasteiger partial charge in [0.15, 0.2) is 0 Å². The summed E-state index contributed by atoms with van der Waals surface area (Å²) < 4.78 is 19.0. The van der Waals surface area contributed by atoms with E-state index in [4.69, 9.17) is 33.0 Å². The molecule has 26 heavy (non-hydrogen) atoms. The van der Waals surface area contributed by atoms with Gasteiger partial charge >= 0.3 is 5.97 Å². The third kappa shape index (κ3) is 4.52. The molecule has 0 aliphatic heterocycles. The van der Waals surface area contributed by atoms with E-state index in [0.717, 1.165) is 0 Å². The Hall–Kier alpha value is -2.15. The minimum atomic E-state index is -0.949. The number of hydrogen-bond acceptors (Lipinski definition) is 4. The zero-order valence-corrected chi connectivity index (χ0v) is 15.5. The summed E-state index contributed by atoms with van der Waals surface area (Å²) in [5.41, 5.74) is 1.75. The van der Waals surface area contributed by atoms with Crippen molar-refractivity contribution in [3.8, 4) is 16.3 Å². The number of carboxylic acids is 1. The van der Waals surface area contributed by atoms with Crippen LogP contribution in [0.25, 0.3) is 10.6 Å². The summed E-state index contributed by atoms with van der Waals surface area (Å²) in [5.74, 6) is -0.846. The maximum Gasteiger partial charge on any atom is 0.309 e. The summed E-state index contributed by atoms with van der Waals surface area (Å²) in [6.07, 6.45) is -0.154. The molecule has 2 aromatic carbocycles. The molecule has 1 aromatic heterocycles. The Balaban J connectivity index is 1.86. The SMILES string of the molecule is O=C(O)Cc1csc(-c2cc(Cl)ccc2OCc2ccc(F)cc2Cl)n1. The summed E-state index contributed by atoms with van der Waals surface area (Å²) in [5, 5.41) is 11.9. The second-order valence-electron chi connectivity index (χ2n) is 5.38. The van der Waals surface area contributed by atoms with Crippen LogP contribution in [0.4, 0.5) is 4.39 Å².